The number of likely N-dealkylation sites (N-methyl/N-ethyl adjacent to an activating group) is 1. The molecule has 0 rings (SSSR count). The molecule has 0 unspecified atom stereocenters. The molecule has 0 N–H and O–H groups in total. The van der Waals surface area contributed by atoms with E-state index in [-0.39, 0.29) is 18.4 Å². The van der Waals surface area contributed by atoms with Crippen molar-refractivity contribution in [2.75, 3.05) is 19.7 Å². The van der Waals surface area contributed by atoms with Crippen molar-refractivity contribution in [3.05, 3.63) is 12.7 Å². The highest BCUT2D eigenvalue weighted by atomic mass is 16.5. The maximum absolute atomic E-state index is 11.1. The molecule has 0 bridgehead atoms. The van der Waals surface area contributed by atoms with Crippen LogP contribution in [-0.4, -0.2) is 36.5 Å². The first kappa shape index (κ1) is 11.7. The van der Waals surface area contributed by atoms with Gasteiger partial charge in [-0.3, -0.25) is 9.59 Å². The Bertz CT molecular complexity index is 201. The highest BCUT2D eigenvalue weighted by Gasteiger charge is 2.12. The molecule has 1 amide bonds. The molecule has 0 aromatic carbocycles. The fourth-order valence-electron chi connectivity index (χ4n) is 0.837. The second-order valence-corrected chi connectivity index (χ2v) is 2.36. The lowest BCUT2D eigenvalue weighted by molar-refractivity contribution is -0.147. The van der Waals surface area contributed by atoms with E-state index in [0.29, 0.717) is 13.2 Å². The maximum atomic E-state index is 11.1. The lowest BCUT2D eigenvalue weighted by Crippen LogP contribution is -2.35. The Labute approximate surface area is 78.2 Å². The monoisotopic (exact) mass is 185 g/mol. The van der Waals surface area contributed by atoms with Crippen LogP contribution in [0.3, 0.4) is 0 Å². The van der Waals surface area contributed by atoms with Gasteiger partial charge >= 0.3 is 5.97 Å². The molecule has 0 atom stereocenters. The summed E-state index contributed by atoms with van der Waals surface area (Å²) in [4.78, 5) is 23.4. The quantitative estimate of drug-likeness (QED) is 0.465. The lowest BCUT2D eigenvalue weighted by Gasteiger charge is -2.17. The summed E-state index contributed by atoms with van der Waals surface area (Å²) in [6.45, 7) is 7.66. The number of nitrogens with zero attached hydrogens (tertiary/aromatic N) is 1. The van der Waals surface area contributed by atoms with Gasteiger partial charge in [0.15, 0.2) is 0 Å². The maximum Gasteiger partial charge on any atom is 0.325 e. The molecule has 0 saturated heterocycles. The largest absolute Gasteiger partial charge is 0.465 e. The van der Waals surface area contributed by atoms with E-state index in [0.717, 1.165) is 0 Å². The van der Waals surface area contributed by atoms with E-state index >= 15 is 0 Å². The Balaban J connectivity index is 4.04. The minimum absolute atomic E-state index is 0.00477. The Morgan fingerprint density at radius 1 is 1.46 bits per heavy atom. The van der Waals surface area contributed by atoms with Crippen LogP contribution in [0.25, 0.3) is 0 Å². The summed E-state index contributed by atoms with van der Waals surface area (Å²) in [5.74, 6) is -0.643. The molecule has 13 heavy (non-hydrogen) atoms. The second-order valence-electron chi connectivity index (χ2n) is 2.36. The summed E-state index contributed by atoms with van der Waals surface area (Å²) >= 11 is 0. The van der Waals surface area contributed by atoms with E-state index in [1.54, 1.807) is 13.8 Å². The van der Waals surface area contributed by atoms with Crippen molar-refractivity contribution < 1.29 is 14.3 Å². The standard InChI is InChI=1S/C9H15NO3/c1-4-8(11)10(5-2)7-9(12)13-6-3/h4H,1,5-7H2,2-3H3. The van der Waals surface area contributed by atoms with E-state index in [9.17, 15) is 9.59 Å². The van der Waals surface area contributed by atoms with E-state index in [1.165, 1.54) is 11.0 Å². The van der Waals surface area contributed by atoms with E-state index in [2.05, 4.69) is 6.58 Å². The summed E-state index contributed by atoms with van der Waals surface area (Å²) < 4.78 is 4.70. The van der Waals surface area contributed by atoms with Gasteiger partial charge in [0.25, 0.3) is 0 Å². The molecule has 74 valence electrons. The van der Waals surface area contributed by atoms with Gasteiger partial charge < -0.3 is 9.64 Å². The fourth-order valence-corrected chi connectivity index (χ4v) is 0.837. The summed E-state index contributed by atoms with van der Waals surface area (Å²) in [7, 11) is 0. The number of carbonyl (C=O) groups is 2. The molecule has 0 aliphatic carbocycles. The zero-order chi connectivity index (χ0) is 10.3. The molecule has 0 aliphatic heterocycles. The highest BCUT2D eigenvalue weighted by Crippen LogP contribution is 1.92. The zero-order valence-electron chi connectivity index (χ0n) is 8.08. The summed E-state index contributed by atoms with van der Waals surface area (Å²) in [6, 6.07) is 0. The van der Waals surface area contributed by atoms with E-state index in [1.807, 2.05) is 0 Å². The van der Waals surface area contributed by atoms with Gasteiger partial charge in [0, 0.05) is 6.54 Å². The van der Waals surface area contributed by atoms with Gasteiger partial charge in [-0.25, -0.2) is 0 Å². The first-order chi connectivity index (χ1) is 6.15. The summed E-state index contributed by atoms with van der Waals surface area (Å²) in [5, 5.41) is 0. The van der Waals surface area contributed by atoms with Gasteiger partial charge in [-0.2, -0.15) is 0 Å². The van der Waals surface area contributed by atoms with Crippen molar-refractivity contribution in [3.8, 4) is 0 Å². The Kier molecular flexibility index (Phi) is 5.59. The van der Waals surface area contributed by atoms with Crippen LogP contribution in [0.5, 0.6) is 0 Å². The third-order valence-electron chi connectivity index (χ3n) is 1.49. The van der Waals surface area contributed by atoms with E-state index in [4.69, 9.17) is 4.74 Å². The minimum Gasteiger partial charge on any atom is -0.465 e. The molecule has 4 heteroatoms. The molecule has 0 saturated carbocycles. The van der Waals surface area contributed by atoms with Crippen molar-refractivity contribution in [2.24, 2.45) is 0 Å². The minimum atomic E-state index is -0.389. The third kappa shape index (κ3) is 4.30. The van der Waals surface area contributed by atoms with Gasteiger partial charge in [0.05, 0.1) is 6.61 Å². The Morgan fingerprint density at radius 3 is 2.46 bits per heavy atom. The van der Waals surface area contributed by atoms with Crippen molar-refractivity contribution in [2.45, 2.75) is 13.8 Å². The van der Waals surface area contributed by atoms with Gasteiger partial charge in [-0.1, -0.05) is 6.58 Å². The fraction of sp³-hybridized carbons (Fsp3) is 0.556. The van der Waals surface area contributed by atoms with Gasteiger partial charge in [-0.05, 0) is 19.9 Å². The molecular weight excluding hydrogens is 170 g/mol. The number of esters is 1. The van der Waals surface area contributed by atoms with Gasteiger partial charge in [0.2, 0.25) is 5.91 Å². The number of amides is 1. The Morgan fingerprint density at radius 2 is 2.08 bits per heavy atom. The number of ether oxygens (including phenoxy) is 1. The van der Waals surface area contributed by atoms with Crippen molar-refractivity contribution in [3.63, 3.8) is 0 Å². The molecular formula is C9H15NO3. The zero-order valence-corrected chi connectivity index (χ0v) is 8.08. The molecule has 4 nitrogen and oxygen atoms in total. The predicted molar refractivity (Wildman–Crippen MR) is 49.1 cm³/mol. The van der Waals surface area contributed by atoms with Crippen molar-refractivity contribution >= 4 is 11.9 Å². The summed E-state index contributed by atoms with van der Waals surface area (Å²) in [6.07, 6.45) is 1.18. The average Bonchev–Trinajstić information content (AvgIpc) is 2.13. The van der Waals surface area contributed by atoms with Crippen LogP contribution in [0, 0.1) is 0 Å². The number of carbonyl (C=O) groups excluding carboxylic acids is 2. The topological polar surface area (TPSA) is 46.6 Å². The number of rotatable bonds is 5. The van der Waals surface area contributed by atoms with Crippen LogP contribution >= 0.6 is 0 Å². The van der Waals surface area contributed by atoms with Crippen LogP contribution < -0.4 is 0 Å². The van der Waals surface area contributed by atoms with Crippen molar-refractivity contribution in [1.82, 2.24) is 4.90 Å². The van der Waals surface area contributed by atoms with Crippen molar-refractivity contribution in [1.29, 1.82) is 0 Å². The average molecular weight is 185 g/mol. The van der Waals surface area contributed by atoms with Gasteiger partial charge in [0.1, 0.15) is 6.54 Å². The lowest BCUT2D eigenvalue weighted by atomic mass is 10.4. The van der Waals surface area contributed by atoms with Crippen LogP contribution in [0.1, 0.15) is 13.8 Å². The molecule has 0 aromatic heterocycles. The SMILES string of the molecule is C=CC(=O)N(CC)CC(=O)OCC. The highest BCUT2D eigenvalue weighted by molar-refractivity contribution is 5.89. The molecule has 0 fully saturated rings. The molecule has 0 spiro atoms. The number of hydrogen-bond donors (Lipinski definition) is 0. The predicted octanol–water partition coefficient (Wildman–Crippen LogP) is 0.584. The van der Waals surface area contributed by atoms with Crippen LogP contribution in [-0.2, 0) is 14.3 Å². The molecule has 0 radical (unpaired) electrons. The Hall–Kier alpha value is -1.32. The molecule has 0 heterocycles. The van der Waals surface area contributed by atoms with E-state index < -0.39 is 0 Å². The smallest absolute Gasteiger partial charge is 0.325 e. The van der Waals surface area contributed by atoms with Crippen LogP contribution in [0.15, 0.2) is 12.7 Å². The number of hydrogen-bond acceptors (Lipinski definition) is 3. The van der Waals surface area contributed by atoms with Crippen LogP contribution in [0.4, 0.5) is 0 Å². The first-order valence-electron chi connectivity index (χ1n) is 4.22. The molecule has 0 aromatic rings. The summed E-state index contributed by atoms with van der Waals surface area (Å²) in [5.41, 5.74) is 0. The van der Waals surface area contributed by atoms with Crippen LogP contribution in [0.2, 0.25) is 0 Å². The second kappa shape index (κ2) is 6.22. The molecule has 0 aliphatic rings. The third-order valence-corrected chi connectivity index (χ3v) is 1.49. The normalized spacial score (nSPS) is 9.08. The van der Waals surface area contributed by atoms with Gasteiger partial charge in [-0.15, -0.1) is 0 Å². The first-order valence-corrected chi connectivity index (χ1v) is 4.22.